The summed E-state index contributed by atoms with van der Waals surface area (Å²) in [6, 6.07) is 5.52. The molecule has 1 rings (SSSR count). The van der Waals surface area contributed by atoms with Crippen molar-refractivity contribution in [1.82, 2.24) is 0 Å². The third-order valence-corrected chi connectivity index (χ3v) is 1.66. The van der Waals surface area contributed by atoms with E-state index in [0.29, 0.717) is 18.0 Å². The highest BCUT2D eigenvalue weighted by Gasteiger charge is 2.03. The number of carbonyl (C=O) groups excluding carboxylic acids is 1. The Morgan fingerprint density at radius 2 is 2.31 bits per heavy atom. The molecule has 0 aliphatic carbocycles. The minimum absolute atomic E-state index is 0.560. The van der Waals surface area contributed by atoms with E-state index in [2.05, 4.69) is 4.99 Å². The number of hydrogen-bond acceptors (Lipinski definition) is 3. The van der Waals surface area contributed by atoms with E-state index >= 15 is 0 Å². The van der Waals surface area contributed by atoms with Crippen LogP contribution < -0.4 is 4.74 Å². The summed E-state index contributed by atoms with van der Waals surface area (Å²) in [5.41, 5.74) is 1.48. The average Bonchev–Trinajstić information content (AvgIpc) is 2.11. The van der Waals surface area contributed by atoms with Crippen molar-refractivity contribution in [3.8, 4) is 5.75 Å². The zero-order valence-electron chi connectivity index (χ0n) is 7.70. The van der Waals surface area contributed by atoms with Gasteiger partial charge in [-0.25, -0.2) is 4.79 Å². The summed E-state index contributed by atoms with van der Waals surface area (Å²) in [4.78, 5) is 13.7. The maximum Gasteiger partial charge on any atom is 0.240 e. The Balaban J connectivity index is 3.16. The summed E-state index contributed by atoms with van der Waals surface area (Å²) in [6.07, 6.45) is 1.52. The van der Waals surface area contributed by atoms with E-state index < -0.39 is 0 Å². The van der Waals surface area contributed by atoms with Crippen LogP contribution in [0.1, 0.15) is 12.5 Å². The third-order valence-electron chi connectivity index (χ3n) is 1.66. The first-order valence-corrected chi connectivity index (χ1v) is 4.10. The second-order valence-corrected chi connectivity index (χ2v) is 2.56. The summed E-state index contributed by atoms with van der Waals surface area (Å²) in [5.74, 6) is 0.630. The van der Waals surface area contributed by atoms with Gasteiger partial charge < -0.3 is 4.74 Å². The Hall–Kier alpha value is -1.60. The lowest BCUT2D eigenvalue weighted by atomic mass is 10.2. The first kappa shape index (κ1) is 9.49. The highest BCUT2D eigenvalue weighted by Crippen LogP contribution is 2.30. The molecular weight excluding hydrogens is 166 g/mol. The van der Waals surface area contributed by atoms with Crippen molar-refractivity contribution in [3.05, 3.63) is 23.8 Å². The van der Waals surface area contributed by atoms with Crippen LogP contribution in [0, 0.1) is 6.92 Å². The van der Waals surface area contributed by atoms with E-state index in [9.17, 15) is 4.79 Å². The van der Waals surface area contributed by atoms with Gasteiger partial charge >= 0.3 is 0 Å². The first-order chi connectivity index (χ1) is 6.29. The predicted octanol–water partition coefficient (Wildman–Crippen LogP) is 2.36. The van der Waals surface area contributed by atoms with Crippen LogP contribution in [0.3, 0.4) is 0 Å². The normalized spacial score (nSPS) is 9.08. The van der Waals surface area contributed by atoms with E-state index in [1.165, 1.54) is 6.08 Å². The maximum atomic E-state index is 10.1. The zero-order valence-corrected chi connectivity index (χ0v) is 7.70. The molecule has 0 saturated carbocycles. The molecule has 0 heterocycles. The predicted molar refractivity (Wildman–Crippen MR) is 50.1 cm³/mol. The fourth-order valence-electron chi connectivity index (χ4n) is 1.09. The van der Waals surface area contributed by atoms with Crippen molar-refractivity contribution in [2.75, 3.05) is 6.61 Å². The fraction of sp³-hybridized carbons (Fsp3) is 0.300. The minimum Gasteiger partial charge on any atom is -0.492 e. The van der Waals surface area contributed by atoms with Crippen LogP contribution in [0.2, 0.25) is 0 Å². The molecule has 0 saturated heterocycles. The van der Waals surface area contributed by atoms with E-state index in [1.807, 2.05) is 26.0 Å². The average molecular weight is 177 g/mol. The maximum absolute atomic E-state index is 10.1. The van der Waals surface area contributed by atoms with Crippen LogP contribution in [-0.4, -0.2) is 12.7 Å². The highest BCUT2D eigenvalue weighted by molar-refractivity contribution is 5.61. The Kier molecular flexibility index (Phi) is 3.23. The molecule has 3 nitrogen and oxygen atoms in total. The molecule has 0 bridgehead atoms. The Morgan fingerprint density at radius 3 is 2.92 bits per heavy atom. The molecular formula is C10H11NO2. The standard InChI is InChI=1S/C10H11NO2/c1-3-13-9-6-4-5-8(2)10(9)11-7-12/h4-6H,3H2,1-2H3. The Morgan fingerprint density at radius 1 is 1.54 bits per heavy atom. The topological polar surface area (TPSA) is 38.7 Å². The van der Waals surface area contributed by atoms with Gasteiger partial charge in [0, 0.05) is 0 Å². The van der Waals surface area contributed by atoms with Gasteiger partial charge in [0.2, 0.25) is 6.08 Å². The number of isocyanates is 1. The molecule has 3 heteroatoms. The zero-order chi connectivity index (χ0) is 9.68. The van der Waals surface area contributed by atoms with Gasteiger partial charge in [-0.05, 0) is 25.5 Å². The second-order valence-electron chi connectivity index (χ2n) is 2.56. The number of ether oxygens (including phenoxy) is 1. The van der Waals surface area contributed by atoms with Crippen LogP contribution in [0.4, 0.5) is 5.69 Å². The Bertz CT molecular complexity index is 341. The van der Waals surface area contributed by atoms with Gasteiger partial charge in [-0.1, -0.05) is 12.1 Å². The third kappa shape index (κ3) is 2.17. The molecule has 0 spiro atoms. The van der Waals surface area contributed by atoms with Gasteiger partial charge in [0.1, 0.15) is 11.4 Å². The van der Waals surface area contributed by atoms with Crippen molar-refractivity contribution >= 4 is 11.8 Å². The van der Waals surface area contributed by atoms with Crippen molar-refractivity contribution in [1.29, 1.82) is 0 Å². The summed E-state index contributed by atoms with van der Waals surface area (Å²) in [6.45, 7) is 4.32. The van der Waals surface area contributed by atoms with Crippen molar-refractivity contribution in [2.24, 2.45) is 4.99 Å². The summed E-state index contributed by atoms with van der Waals surface area (Å²) in [5, 5.41) is 0. The minimum atomic E-state index is 0.560. The van der Waals surface area contributed by atoms with Gasteiger partial charge in [0.15, 0.2) is 0 Å². The SMILES string of the molecule is CCOc1cccc(C)c1N=C=O. The van der Waals surface area contributed by atoms with E-state index in [-0.39, 0.29) is 0 Å². The van der Waals surface area contributed by atoms with Crippen LogP contribution in [0.25, 0.3) is 0 Å². The molecule has 1 aromatic rings. The number of rotatable bonds is 3. The lowest BCUT2D eigenvalue weighted by molar-refractivity contribution is 0.341. The van der Waals surface area contributed by atoms with Crippen LogP contribution >= 0.6 is 0 Å². The molecule has 0 amide bonds. The first-order valence-electron chi connectivity index (χ1n) is 4.10. The molecule has 0 aliphatic rings. The molecule has 0 aromatic heterocycles. The highest BCUT2D eigenvalue weighted by atomic mass is 16.5. The molecule has 13 heavy (non-hydrogen) atoms. The second kappa shape index (κ2) is 4.43. The van der Waals surface area contributed by atoms with Crippen molar-refractivity contribution < 1.29 is 9.53 Å². The molecule has 0 aliphatic heterocycles. The van der Waals surface area contributed by atoms with Crippen LogP contribution in [0.15, 0.2) is 23.2 Å². The Labute approximate surface area is 77.1 Å². The van der Waals surface area contributed by atoms with Crippen molar-refractivity contribution in [3.63, 3.8) is 0 Å². The van der Waals surface area contributed by atoms with Crippen LogP contribution in [0.5, 0.6) is 5.75 Å². The largest absolute Gasteiger partial charge is 0.492 e. The molecule has 0 N–H and O–H groups in total. The van der Waals surface area contributed by atoms with E-state index in [1.54, 1.807) is 6.07 Å². The fourth-order valence-corrected chi connectivity index (χ4v) is 1.09. The van der Waals surface area contributed by atoms with Gasteiger partial charge in [0.05, 0.1) is 6.61 Å². The lowest BCUT2D eigenvalue weighted by Crippen LogP contribution is -1.92. The lowest BCUT2D eigenvalue weighted by Gasteiger charge is -2.06. The van der Waals surface area contributed by atoms with Crippen LogP contribution in [-0.2, 0) is 4.79 Å². The van der Waals surface area contributed by atoms with E-state index in [0.717, 1.165) is 5.56 Å². The number of benzene rings is 1. The molecule has 0 radical (unpaired) electrons. The summed E-state index contributed by atoms with van der Waals surface area (Å²) in [7, 11) is 0. The number of nitrogens with zero attached hydrogens (tertiary/aromatic N) is 1. The van der Waals surface area contributed by atoms with Gasteiger partial charge in [-0.15, -0.1) is 0 Å². The van der Waals surface area contributed by atoms with E-state index in [4.69, 9.17) is 4.74 Å². The molecule has 0 atom stereocenters. The van der Waals surface area contributed by atoms with Crippen molar-refractivity contribution in [2.45, 2.75) is 13.8 Å². The summed E-state index contributed by atoms with van der Waals surface area (Å²) >= 11 is 0. The number of para-hydroxylation sites is 1. The molecule has 0 unspecified atom stereocenters. The quantitative estimate of drug-likeness (QED) is 0.525. The van der Waals surface area contributed by atoms with Gasteiger partial charge in [-0.2, -0.15) is 4.99 Å². The smallest absolute Gasteiger partial charge is 0.240 e. The molecule has 0 fully saturated rings. The monoisotopic (exact) mass is 177 g/mol. The molecule has 1 aromatic carbocycles. The van der Waals surface area contributed by atoms with Gasteiger partial charge in [-0.3, -0.25) is 0 Å². The number of aliphatic imine (C=N–C) groups is 1. The summed E-state index contributed by atoms with van der Waals surface area (Å²) < 4.78 is 5.30. The van der Waals surface area contributed by atoms with Gasteiger partial charge in [0.25, 0.3) is 0 Å². The number of aryl methyl sites for hydroxylation is 1. The number of hydrogen-bond donors (Lipinski definition) is 0. The molecule has 68 valence electrons.